The van der Waals surface area contributed by atoms with Crippen LogP contribution in [0.1, 0.15) is 59.3 Å². The number of rotatable bonds is 16. The fourth-order valence-electron chi connectivity index (χ4n) is 5.72. The van der Waals surface area contributed by atoms with Gasteiger partial charge in [-0.1, -0.05) is 23.2 Å². The molecule has 0 bridgehead atoms. The van der Waals surface area contributed by atoms with Gasteiger partial charge in [-0.15, -0.1) is 22.7 Å². The summed E-state index contributed by atoms with van der Waals surface area (Å²) in [6.45, 7) is 8.28. The van der Waals surface area contributed by atoms with E-state index in [2.05, 4.69) is 20.6 Å². The summed E-state index contributed by atoms with van der Waals surface area (Å²) in [7, 11) is 0. The van der Waals surface area contributed by atoms with Gasteiger partial charge in [0, 0.05) is 52.4 Å². The third-order valence-corrected chi connectivity index (χ3v) is 12.5. The maximum absolute atomic E-state index is 11.9. The van der Waals surface area contributed by atoms with Gasteiger partial charge in [0.1, 0.15) is 36.3 Å². The molecule has 19 heteroatoms. The number of hydrogen-bond acceptors (Lipinski definition) is 13. The van der Waals surface area contributed by atoms with Gasteiger partial charge in [0.15, 0.2) is 5.78 Å². The third kappa shape index (κ3) is 21.0. The number of ketones is 1. The summed E-state index contributed by atoms with van der Waals surface area (Å²) in [4.78, 5) is 46.7. The van der Waals surface area contributed by atoms with Crippen LogP contribution in [0.15, 0.2) is 109 Å². The van der Waals surface area contributed by atoms with Gasteiger partial charge < -0.3 is 65.8 Å². The van der Waals surface area contributed by atoms with Crippen molar-refractivity contribution in [3.63, 3.8) is 0 Å². The van der Waals surface area contributed by atoms with Crippen molar-refractivity contribution in [2.24, 2.45) is 0 Å². The van der Waals surface area contributed by atoms with Crippen LogP contribution < -0.4 is 48.6 Å². The standard InChI is InChI=1S/C23H24ClN3O3S.C22H20ClN3O3S.C4H8O.CH3.BrH.Mg/c1-23(2,29)20-8-7-19(31-20)16-5-6-18(17(24)13-16)30-12-11-26-22(28)10-4-15-3-9-21(25)27-14-15;1-14(27)19-6-7-20(30-19)16-4-5-18(17(23)12-16)29-11-10-25-22(28)9-3-15-2-8-21(24)26-13-15;1-2-4-5-3-1;;;/h3-10,13-14,29H,11-12H2,1-2H3,(H2,25,27)(H,26,28);2-9,12-13H,10-11H2,1H3,(H2,24,26)(H,25,28);1-4H2;1H3;1H;/q;;;-1;;+2/p-1/b10-4+;9-3+;;;;. The van der Waals surface area contributed by atoms with Crippen molar-refractivity contribution in [1.82, 2.24) is 20.6 Å². The molecule has 2 aromatic carbocycles. The minimum atomic E-state index is -0.874. The van der Waals surface area contributed by atoms with Crippen molar-refractivity contribution in [1.29, 1.82) is 0 Å². The van der Waals surface area contributed by atoms with E-state index in [1.165, 1.54) is 47.7 Å². The van der Waals surface area contributed by atoms with Crippen LogP contribution >= 0.6 is 45.9 Å². The van der Waals surface area contributed by atoms with E-state index in [1.54, 1.807) is 87.8 Å². The minimum Gasteiger partial charge on any atom is -1.00 e. The molecule has 362 valence electrons. The number of hydrogen-bond donors (Lipinski definition) is 5. The van der Waals surface area contributed by atoms with Gasteiger partial charge in [-0.2, -0.15) is 0 Å². The number of carbonyl (C=O) groups is 3. The van der Waals surface area contributed by atoms with Crippen molar-refractivity contribution >= 4 is 110 Å². The largest absolute Gasteiger partial charge is 2.00 e. The summed E-state index contributed by atoms with van der Waals surface area (Å²) in [5, 5.41) is 16.6. The molecule has 7 N–H and O–H groups in total. The predicted octanol–water partition coefficient (Wildman–Crippen LogP) is 6.81. The number of nitrogens with one attached hydrogen (secondary N) is 2. The topological polar surface area (TPSA) is 201 Å². The van der Waals surface area contributed by atoms with E-state index >= 15 is 0 Å². The fourth-order valence-corrected chi connectivity index (χ4v) is 8.09. The molecule has 1 aliphatic heterocycles. The fraction of sp³-hybridized carbons (Fsp3) is 0.240. The van der Waals surface area contributed by atoms with E-state index in [4.69, 9.17) is 48.9 Å². The number of benzene rings is 2. The first-order valence-electron chi connectivity index (χ1n) is 20.9. The molecule has 1 fully saturated rings. The second kappa shape index (κ2) is 30.7. The first-order chi connectivity index (χ1) is 31.6. The van der Waals surface area contributed by atoms with E-state index in [1.807, 2.05) is 42.5 Å². The Balaban J connectivity index is 0.000000412. The monoisotopic (exact) mass is 1090 g/mol. The first-order valence-corrected chi connectivity index (χ1v) is 23.2. The van der Waals surface area contributed by atoms with E-state index in [0.29, 0.717) is 51.1 Å². The van der Waals surface area contributed by atoms with Gasteiger partial charge in [-0.25, -0.2) is 9.97 Å². The van der Waals surface area contributed by atoms with Gasteiger partial charge in [0.25, 0.3) is 0 Å². The smallest absolute Gasteiger partial charge is 1.00 e. The number of carbonyl (C=O) groups excluding carboxylic acids is 3. The zero-order valence-corrected chi connectivity index (χ0v) is 45.0. The number of halogens is 3. The molecule has 13 nitrogen and oxygen atoms in total. The van der Waals surface area contributed by atoms with E-state index in [9.17, 15) is 19.5 Å². The second-order valence-corrected chi connectivity index (χ2v) is 18.0. The Hall–Kier alpha value is -4.82. The minimum absolute atomic E-state index is 0. The number of thiophene rings is 2. The number of nitrogens with two attached hydrogens (primary N) is 2. The summed E-state index contributed by atoms with van der Waals surface area (Å²) >= 11 is 15.6. The third-order valence-electron chi connectivity index (χ3n) is 9.21. The SMILES string of the molecule is C1CCOC1.CC(=O)c1ccc(-c2ccc(OCCNC(=O)/C=C/c3ccc(N)nc3)c(Cl)c2)s1.CC(C)(O)c1ccc(-c2ccc(OCCNC(=O)/C=C/c3ccc(N)nc3)c(Cl)c2)s1.[Br-].[CH3-].[Mg+2]. The Morgan fingerprint density at radius 1 is 0.739 bits per heavy atom. The quantitative estimate of drug-likeness (QED) is 0.0224. The van der Waals surface area contributed by atoms with Gasteiger partial charge in [-0.05, 0) is 153 Å². The molecule has 0 unspecified atom stereocenters. The molecule has 5 heterocycles. The van der Waals surface area contributed by atoms with Crippen molar-refractivity contribution in [2.45, 2.75) is 39.2 Å². The maximum atomic E-state index is 11.9. The van der Waals surface area contributed by atoms with Crippen molar-refractivity contribution in [3.8, 4) is 32.4 Å². The molecule has 69 heavy (non-hydrogen) atoms. The molecule has 0 atom stereocenters. The zero-order valence-electron chi connectivity index (χ0n) is 38.8. The van der Waals surface area contributed by atoms with E-state index in [-0.39, 0.29) is 78.3 Å². The van der Waals surface area contributed by atoms with E-state index < -0.39 is 5.60 Å². The van der Waals surface area contributed by atoms with Gasteiger partial charge in [0.2, 0.25) is 11.8 Å². The summed E-state index contributed by atoms with van der Waals surface area (Å²) in [5.41, 5.74) is 13.6. The second-order valence-electron chi connectivity index (χ2n) is 15.0. The Labute approximate surface area is 448 Å². The molecule has 0 radical (unpaired) electrons. The number of aliphatic hydroxyl groups is 1. The summed E-state index contributed by atoms with van der Waals surface area (Å²) in [5.74, 6) is 1.50. The molecule has 1 saturated heterocycles. The zero-order chi connectivity index (χ0) is 47.5. The molecule has 0 spiro atoms. The average molecular weight is 1090 g/mol. The van der Waals surface area contributed by atoms with Gasteiger partial charge in [0.05, 0.1) is 33.6 Å². The Morgan fingerprint density at radius 2 is 1.20 bits per heavy atom. The van der Waals surface area contributed by atoms with Crippen LogP contribution in [-0.2, 0) is 19.9 Å². The number of nitrogen functional groups attached to an aromatic ring is 2. The number of anilines is 2. The predicted molar refractivity (Wildman–Crippen MR) is 279 cm³/mol. The van der Waals surface area contributed by atoms with Crippen LogP contribution in [0.25, 0.3) is 33.0 Å². The van der Waals surface area contributed by atoms with Gasteiger partial charge in [-0.3, -0.25) is 14.4 Å². The Kier molecular flexibility index (Phi) is 26.8. The summed E-state index contributed by atoms with van der Waals surface area (Å²) in [6.07, 6.45) is 11.9. The molecule has 2 amide bonds. The maximum Gasteiger partial charge on any atom is 2.00 e. The Morgan fingerprint density at radius 3 is 1.57 bits per heavy atom. The van der Waals surface area contributed by atoms with Gasteiger partial charge >= 0.3 is 23.1 Å². The molecular formula is C50H55BrCl2MgN6O7S2. The molecular weight excluding hydrogens is 1040 g/mol. The number of amides is 2. The summed E-state index contributed by atoms with van der Waals surface area (Å²) < 4.78 is 16.3. The normalized spacial score (nSPS) is 11.7. The molecule has 6 aromatic rings. The van der Waals surface area contributed by atoms with Crippen LogP contribution in [0.3, 0.4) is 0 Å². The molecule has 4 aromatic heterocycles. The number of nitrogens with zero attached hydrogens (tertiary/aromatic N) is 2. The number of pyridine rings is 2. The van der Waals surface area contributed by atoms with Crippen LogP contribution in [0.4, 0.5) is 11.6 Å². The molecule has 1 aliphatic rings. The number of Topliss-reactive ketones (excluding diaryl/α,β-unsaturated/α-hetero) is 1. The van der Waals surface area contributed by atoms with Crippen molar-refractivity contribution in [2.75, 3.05) is 51.0 Å². The number of aromatic nitrogens is 2. The van der Waals surface area contributed by atoms with Crippen molar-refractivity contribution < 1.29 is 50.7 Å². The Bertz CT molecular complexity index is 2590. The number of ether oxygens (including phenoxy) is 3. The van der Waals surface area contributed by atoms with Crippen LogP contribution in [0, 0.1) is 7.43 Å². The molecule has 0 saturated carbocycles. The van der Waals surface area contributed by atoms with Crippen LogP contribution in [0.2, 0.25) is 10.0 Å². The molecule has 0 aliphatic carbocycles. The summed E-state index contributed by atoms with van der Waals surface area (Å²) in [6, 6.07) is 25.5. The first kappa shape index (κ1) is 60.3. The average Bonchev–Trinajstić information content (AvgIpc) is 4.13. The molecule has 7 rings (SSSR count). The van der Waals surface area contributed by atoms with Crippen LogP contribution in [-0.4, -0.2) is 95.2 Å². The van der Waals surface area contributed by atoms with Crippen molar-refractivity contribution in [3.05, 3.63) is 148 Å². The van der Waals surface area contributed by atoms with E-state index in [0.717, 1.165) is 50.1 Å². The van der Waals surface area contributed by atoms with Crippen LogP contribution in [0.5, 0.6) is 11.5 Å².